The minimum atomic E-state index is 0.797. The Hall–Kier alpha value is -1.73. The molecule has 0 aromatic heterocycles. The number of hydrogen-bond acceptors (Lipinski definition) is 1. The predicted molar refractivity (Wildman–Crippen MR) is 67.8 cm³/mol. The number of rotatable bonds is 3. The van der Waals surface area contributed by atoms with Crippen LogP contribution in [0.4, 0.5) is 0 Å². The fourth-order valence-corrected chi connectivity index (χ4v) is 1.53. The van der Waals surface area contributed by atoms with Gasteiger partial charge in [-0.2, -0.15) is 0 Å². The highest BCUT2D eigenvalue weighted by atomic mass is 35.5. The molecule has 80 valence electrons. The molecule has 2 heteroatoms. The van der Waals surface area contributed by atoms with E-state index in [2.05, 4.69) is 0 Å². The van der Waals surface area contributed by atoms with Gasteiger partial charge in [-0.1, -0.05) is 48.0 Å². The van der Waals surface area contributed by atoms with Gasteiger partial charge in [0.15, 0.2) is 0 Å². The summed E-state index contributed by atoms with van der Waals surface area (Å²) in [5, 5.41) is 0. The zero-order chi connectivity index (χ0) is 11.2. The Morgan fingerprint density at radius 1 is 0.875 bits per heavy atom. The van der Waals surface area contributed by atoms with Crippen LogP contribution in [0.3, 0.4) is 0 Å². The highest BCUT2D eigenvalue weighted by molar-refractivity contribution is 6.27. The number of para-hydroxylation sites is 2. The first-order chi connectivity index (χ1) is 7.90. The molecule has 0 atom stereocenters. The summed E-state index contributed by atoms with van der Waals surface area (Å²) < 4.78 is 5.75. The molecule has 1 nitrogen and oxygen atoms in total. The van der Waals surface area contributed by atoms with Crippen LogP contribution in [0.5, 0.6) is 11.5 Å². The molecule has 0 unspecified atom stereocenters. The quantitative estimate of drug-likeness (QED) is 0.743. The molecule has 0 aliphatic rings. The molecular weight excluding hydrogens is 220 g/mol. The Morgan fingerprint density at radius 2 is 1.56 bits per heavy atom. The van der Waals surface area contributed by atoms with Gasteiger partial charge < -0.3 is 4.74 Å². The van der Waals surface area contributed by atoms with E-state index in [4.69, 9.17) is 16.3 Å². The van der Waals surface area contributed by atoms with Crippen molar-refractivity contribution in [2.75, 3.05) is 0 Å². The maximum atomic E-state index is 5.75. The second-order valence-corrected chi connectivity index (χ2v) is 3.50. The van der Waals surface area contributed by atoms with Gasteiger partial charge in [-0.15, -0.1) is 0 Å². The number of hydrogen-bond donors (Lipinski definition) is 0. The lowest BCUT2D eigenvalue weighted by Gasteiger charge is -2.07. The summed E-state index contributed by atoms with van der Waals surface area (Å²) in [6.45, 7) is 0. The van der Waals surface area contributed by atoms with Crippen molar-refractivity contribution in [2.45, 2.75) is 0 Å². The maximum absolute atomic E-state index is 5.75. The first-order valence-electron chi connectivity index (χ1n) is 4.99. The third-order valence-corrected chi connectivity index (χ3v) is 2.26. The molecular formula is C14H11ClO. The van der Waals surface area contributed by atoms with Gasteiger partial charge in [0.05, 0.1) is 0 Å². The number of halogens is 1. The third-order valence-electron chi connectivity index (χ3n) is 2.13. The van der Waals surface area contributed by atoms with Gasteiger partial charge in [0.25, 0.3) is 0 Å². The summed E-state index contributed by atoms with van der Waals surface area (Å²) in [6, 6.07) is 17.4. The minimum Gasteiger partial charge on any atom is -0.457 e. The molecule has 0 fully saturated rings. The van der Waals surface area contributed by atoms with Gasteiger partial charge >= 0.3 is 0 Å². The molecule has 2 rings (SSSR count). The average molecular weight is 231 g/mol. The summed E-state index contributed by atoms with van der Waals surface area (Å²) in [6.07, 6.45) is 1.81. The number of ether oxygens (including phenoxy) is 1. The van der Waals surface area contributed by atoms with Gasteiger partial charge in [-0.25, -0.2) is 0 Å². The van der Waals surface area contributed by atoms with E-state index >= 15 is 0 Å². The summed E-state index contributed by atoms with van der Waals surface area (Å²) in [5.41, 5.74) is 2.44. The van der Waals surface area contributed by atoms with E-state index in [0.29, 0.717) is 0 Å². The van der Waals surface area contributed by atoms with Crippen molar-refractivity contribution in [1.82, 2.24) is 0 Å². The van der Waals surface area contributed by atoms with E-state index in [1.807, 2.05) is 54.6 Å². The SMILES string of the molecule is ClC=Cc1ccccc1Oc1ccccc1. The van der Waals surface area contributed by atoms with Crippen molar-refractivity contribution in [3.63, 3.8) is 0 Å². The monoisotopic (exact) mass is 230 g/mol. The molecule has 2 aromatic rings. The Labute approximate surface area is 99.9 Å². The second-order valence-electron chi connectivity index (χ2n) is 3.25. The molecule has 2 aromatic carbocycles. The molecule has 0 aliphatic carbocycles. The van der Waals surface area contributed by atoms with Crippen LogP contribution >= 0.6 is 11.6 Å². The van der Waals surface area contributed by atoms with E-state index in [0.717, 1.165) is 17.1 Å². The smallest absolute Gasteiger partial charge is 0.134 e. The predicted octanol–water partition coefficient (Wildman–Crippen LogP) is 4.69. The summed E-state index contributed by atoms with van der Waals surface area (Å²) in [7, 11) is 0. The molecule has 0 N–H and O–H groups in total. The van der Waals surface area contributed by atoms with Crippen molar-refractivity contribution in [2.24, 2.45) is 0 Å². The van der Waals surface area contributed by atoms with Crippen molar-refractivity contribution < 1.29 is 4.74 Å². The van der Waals surface area contributed by atoms with E-state index < -0.39 is 0 Å². The highest BCUT2D eigenvalue weighted by Crippen LogP contribution is 2.25. The first-order valence-corrected chi connectivity index (χ1v) is 5.42. The maximum Gasteiger partial charge on any atom is 0.134 e. The van der Waals surface area contributed by atoms with Gasteiger partial charge in [-0.05, 0) is 24.3 Å². The zero-order valence-electron chi connectivity index (χ0n) is 8.64. The van der Waals surface area contributed by atoms with Crippen molar-refractivity contribution >= 4 is 17.7 Å². The van der Waals surface area contributed by atoms with E-state index in [9.17, 15) is 0 Å². The van der Waals surface area contributed by atoms with Crippen molar-refractivity contribution in [3.05, 3.63) is 65.7 Å². The fourth-order valence-electron chi connectivity index (χ4n) is 1.39. The van der Waals surface area contributed by atoms with Gasteiger partial charge in [0.1, 0.15) is 11.5 Å². The second kappa shape index (κ2) is 5.38. The summed E-state index contributed by atoms with van der Waals surface area (Å²) in [5.74, 6) is 1.61. The van der Waals surface area contributed by atoms with E-state index in [-0.39, 0.29) is 0 Å². The van der Waals surface area contributed by atoms with Crippen LogP contribution in [-0.4, -0.2) is 0 Å². The van der Waals surface area contributed by atoms with Crippen LogP contribution in [0.2, 0.25) is 0 Å². The van der Waals surface area contributed by atoms with Crippen LogP contribution in [0.1, 0.15) is 5.56 Å². The van der Waals surface area contributed by atoms with Crippen LogP contribution in [0.25, 0.3) is 6.08 Å². The molecule has 16 heavy (non-hydrogen) atoms. The molecule has 0 saturated heterocycles. The molecule has 0 spiro atoms. The third kappa shape index (κ3) is 2.65. The molecule has 0 heterocycles. The topological polar surface area (TPSA) is 9.23 Å². The number of benzene rings is 2. The van der Waals surface area contributed by atoms with Crippen LogP contribution in [0.15, 0.2) is 60.1 Å². The largest absolute Gasteiger partial charge is 0.457 e. The van der Waals surface area contributed by atoms with Crippen molar-refractivity contribution in [3.8, 4) is 11.5 Å². The lowest BCUT2D eigenvalue weighted by Crippen LogP contribution is -1.86. The zero-order valence-corrected chi connectivity index (χ0v) is 9.39. The lowest BCUT2D eigenvalue weighted by molar-refractivity contribution is 0.481. The first kappa shape index (κ1) is 10.8. The standard InChI is InChI=1S/C14H11ClO/c15-11-10-12-6-4-5-9-14(12)16-13-7-2-1-3-8-13/h1-11H. The fraction of sp³-hybridized carbons (Fsp3) is 0. The molecule has 0 saturated carbocycles. The van der Waals surface area contributed by atoms with Gasteiger partial charge in [0, 0.05) is 11.1 Å². The minimum absolute atomic E-state index is 0.797. The van der Waals surface area contributed by atoms with Crippen LogP contribution < -0.4 is 4.74 Å². The van der Waals surface area contributed by atoms with Crippen LogP contribution in [0, 0.1) is 0 Å². The van der Waals surface area contributed by atoms with E-state index in [1.165, 1.54) is 5.54 Å². The Bertz CT molecular complexity index is 477. The lowest BCUT2D eigenvalue weighted by atomic mass is 10.2. The molecule has 0 aliphatic heterocycles. The Morgan fingerprint density at radius 3 is 2.31 bits per heavy atom. The molecule has 0 amide bonds. The van der Waals surface area contributed by atoms with Gasteiger partial charge in [-0.3, -0.25) is 0 Å². The normalized spacial score (nSPS) is 10.6. The Kier molecular flexibility index (Phi) is 3.62. The van der Waals surface area contributed by atoms with E-state index in [1.54, 1.807) is 6.08 Å². The summed E-state index contributed by atoms with van der Waals surface area (Å²) in [4.78, 5) is 0. The Balaban J connectivity index is 2.28. The average Bonchev–Trinajstić information content (AvgIpc) is 2.33. The highest BCUT2D eigenvalue weighted by Gasteiger charge is 2.00. The summed E-state index contributed by atoms with van der Waals surface area (Å²) >= 11 is 5.57. The van der Waals surface area contributed by atoms with Crippen molar-refractivity contribution in [1.29, 1.82) is 0 Å². The molecule has 0 radical (unpaired) electrons. The van der Waals surface area contributed by atoms with Crippen LogP contribution in [-0.2, 0) is 0 Å². The molecule has 0 bridgehead atoms. The van der Waals surface area contributed by atoms with Gasteiger partial charge in [0.2, 0.25) is 0 Å².